The summed E-state index contributed by atoms with van der Waals surface area (Å²) >= 11 is 6.03. The minimum atomic E-state index is -3.34. The molecule has 0 atom stereocenters. The highest BCUT2D eigenvalue weighted by molar-refractivity contribution is 7.92. The summed E-state index contributed by atoms with van der Waals surface area (Å²) in [4.78, 5) is 12.2. The van der Waals surface area contributed by atoms with Crippen LogP contribution in [0.4, 0.5) is 21.9 Å². The molecule has 2 N–H and O–H groups in total. The van der Waals surface area contributed by atoms with Gasteiger partial charge in [-0.1, -0.05) is 36.7 Å². The highest BCUT2D eigenvalue weighted by Crippen LogP contribution is 2.33. The molecule has 0 radical (unpaired) electrons. The Bertz CT molecular complexity index is 931. The fourth-order valence-corrected chi connectivity index (χ4v) is 4.69. The van der Waals surface area contributed by atoms with Crippen molar-refractivity contribution in [1.29, 1.82) is 0 Å². The maximum absolute atomic E-state index is 12.4. The van der Waals surface area contributed by atoms with Crippen molar-refractivity contribution in [3.63, 3.8) is 0 Å². The van der Waals surface area contributed by atoms with Crippen LogP contribution < -0.4 is 14.9 Å². The molecular weight excluding hydrogens is 374 g/mol. The minimum absolute atomic E-state index is 0.108. The molecular formula is C18H20ClN3O3S. The fourth-order valence-electron chi connectivity index (χ4n) is 2.93. The number of rotatable bonds is 5. The smallest absolute Gasteiger partial charge is 0.308 e. The third-order valence-corrected chi connectivity index (χ3v) is 6.42. The van der Waals surface area contributed by atoms with E-state index in [0.717, 1.165) is 5.56 Å². The molecule has 2 aromatic rings. The normalized spacial score (nSPS) is 13.4. The molecule has 26 heavy (non-hydrogen) atoms. The van der Waals surface area contributed by atoms with E-state index >= 15 is 0 Å². The molecule has 2 amide bonds. The average molecular weight is 394 g/mol. The van der Waals surface area contributed by atoms with Crippen LogP contribution in [0.15, 0.2) is 42.5 Å². The number of benzene rings is 2. The predicted octanol–water partition coefficient (Wildman–Crippen LogP) is 4.09. The van der Waals surface area contributed by atoms with Crippen LogP contribution in [0.3, 0.4) is 0 Å². The number of nitrogens with zero attached hydrogens (tertiary/aromatic N) is 1. The lowest BCUT2D eigenvalue weighted by molar-refractivity contribution is 0.262. The monoisotopic (exact) mass is 393 g/mol. The minimum Gasteiger partial charge on any atom is -0.308 e. The van der Waals surface area contributed by atoms with Crippen molar-refractivity contribution in [2.75, 3.05) is 27.2 Å². The van der Waals surface area contributed by atoms with Gasteiger partial charge in [0.25, 0.3) is 0 Å². The first-order valence-electron chi connectivity index (χ1n) is 8.36. The summed E-state index contributed by atoms with van der Waals surface area (Å²) in [6.07, 6.45) is 1.23. The molecule has 1 heterocycles. The number of anilines is 3. The maximum atomic E-state index is 12.4. The molecule has 0 bridgehead atoms. The first-order chi connectivity index (χ1) is 12.4. The van der Waals surface area contributed by atoms with Gasteiger partial charge >= 0.3 is 6.03 Å². The number of para-hydroxylation sites is 1. The van der Waals surface area contributed by atoms with Crippen LogP contribution in [0, 0.1) is 0 Å². The zero-order valence-electron chi connectivity index (χ0n) is 14.3. The number of nitrogens with one attached hydrogen (secondary N) is 2. The molecule has 0 spiro atoms. The summed E-state index contributed by atoms with van der Waals surface area (Å²) in [5.74, 6) is 0.108. The van der Waals surface area contributed by atoms with Gasteiger partial charge in [0.15, 0.2) is 0 Å². The molecule has 1 aliphatic rings. The van der Waals surface area contributed by atoms with E-state index in [1.165, 1.54) is 4.31 Å². The number of sulfonamides is 1. The summed E-state index contributed by atoms with van der Waals surface area (Å²) < 4.78 is 26.3. The van der Waals surface area contributed by atoms with E-state index in [0.29, 0.717) is 41.5 Å². The lowest BCUT2D eigenvalue weighted by Gasteiger charge is -2.20. The van der Waals surface area contributed by atoms with Gasteiger partial charge in [-0.05, 0) is 42.7 Å². The average Bonchev–Trinajstić information content (AvgIpc) is 3.01. The van der Waals surface area contributed by atoms with Gasteiger partial charge in [-0.2, -0.15) is 0 Å². The molecule has 138 valence electrons. The molecule has 0 aliphatic carbocycles. The molecule has 0 saturated carbocycles. The molecule has 6 nitrogen and oxygen atoms in total. The second-order valence-corrected chi connectivity index (χ2v) is 8.46. The Morgan fingerprint density at radius 3 is 2.69 bits per heavy atom. The van der Waals surface area contributed by atoms with E-state index in [4.69, 9.17) is 11.6 Å². The Morgan fingerprint density at radius 2 is 1.96 bits per heavy atom. The second kappa shape index (κ2) is 7.55. The van der Waals surface area contributed by atoms with Gasteiger partial charge in [-0.15, -0.1) is 0 Å². The summed E-state index contributed by atoms with van der Waals surface area (Å²) in [5, 5.41) is 5.83. The molecule has 0 saturated heterocycles. The summed E-state index contributed by atoms with van der Waals surface area (Å²) in [6.45, 7) is 2.28. The van der Waals surface area contributed by atoms with Crippen molar-refractivity contribution in [3.8, 4) is 0 Å². The van der Waals surface area contributed by atoms with Gasteiger partial charge in [-0.25, -0.2) is 13.2 Å². The number of halogens is 1. The Hall–Kier alpha value is -2.25. The molecule has 3 rings (SSSR count). The van der Waals surface area contributed by atoms with Gasteiger partial charge in [0, 0.05) is 12.2 Å². The second-order valence-electron chi connectivity index (χ2n) is 6.04. The Labute approximate surface area is 158 Å². The number of fused-ring (bicyclic) bond motifs is 1. The van der Waals surface area contributed by atoms with Crippen LogP contribution in [0.25, 0.3) is 0 Å². The van der Waals surface area contributed by atoms with E-state index in [9.17, 15) is 13.2 Å². The van der Waals surface area contributed by atoms with Crippen molar-refractivity contribution in [1.82, 2.24) is 0 Å². The van der Waals surface area contributed by atoms with Gasteiger partial charge < -0.3 is 10.6 Å². The van der Waals surface area contributed by atoms with Crippen LogP contribution >= 0.6 is 11.6 Å². The molecule has 2 aromatic carbocycles. The SMILES string of the molecule is CCCS(=O)(=O)N1CCc2ccc(NC(=O)Nc3ccccc3Cl)cc21. The third kappa shape index (κ3) is 3.94. The lowest BCUT2D eigenvalue weighted by atomic mass is 10.1. The number of amides is 2. The highest BCUT2D eigenvalue weighted by Gasteiger charge is 2.29. The Kier molecular flexibility index (Phi) is 5.38. The molecule has 0 aromatic heterocycles. The fraction of sp³-hybridized carbons (Fsp3) is 0.278. The van der Waals surface area contributed by atoms with E-state index in [-0.39, 0.29) is 5.75 Å². The van der Waals surface area contributed by atoms with Crippen molar-refractivity contribution in [2.24, 2.45) is 0 Å². The van der Waals surface area contributed by atoms with Crippen LogP contribution in [-0.2, 0) is 16.4 Å². The van der Waals surface area contributed by atoms with Crippen LogP contribution in [-0.4, -0.2) is 26.7 Å². The van der Waals surface area contributed by atoms with E-state index in [2.05, 4.69) is 10.6 Å². The first-order valence-corrected chi connectivity index (χ1v) is 10.4. The lowest BCUT2D eigenvalue weighted by Crippen LogP contribution is -2.31. The molecule has 8 heteroatoms. The summed E-state index contributed by atoms with van der Waals surface area (Å²) in [7, 11) is -3.34. The number of carbonyl (C=O) groups is 1. The van der Waals surface area contributed by atoms with Crippen molar-refractivity contribution >= 4 is 44.7 Å². The van der Waals surface area contributed by atoms with Gasteiger partial charge in [0.05, 0.1) is 22.2 Å². The Balaban J connectivity index is 1.77. The van der Waals surface area contributed by atoms with Crippen molar-refractivity contribution in [3.05, 3.63) is 53.1 Å². The van der Waals surface area contributed by atoms with Crippen LogP contribution in [0.5, 0.6) is 0 Å². The van der Waals surface area contributed by atoms with Crippen LogP contribution in [0.1, 0.15) is 18.9 Å². The molecule has 0 fully saturated rings. The zero-order chi connectivity index (χ0) is 18.7. The quantitative estimate of drug-likeness (QED) is 0.803. The number of carbonyl (C=O) groups excluding carboxylic acids is 1. The maximum Gasteiger partial charge on any atom is 0.323 e. The number of hydrogen-bond donors (Lipinski definition) is 2. The van der Waals surface area contributed by atoms with E-state index in [1.807, 2.05) is 13.0 Å². The largest absolute Gasteiger partial charge is 0.323 e. The van der Waals surface area contributed by atoms with Crippen molar-refractivity contribution in [2.45, 2.75) is 19.8 Å². The molecule has 0 unspecified atom stereocenters. The van der Waals surface area contributed by atoms with Crippen LogP contribution in [0.2, 0.25) is 5.02 Å². The zero-order valence-corrected chi connectivity index (χ0v) is 15.9. The summed E-state index contributed by atoms with van der Waals surface area (Å²) in [6, 6.07) is 11.8. The standard InChI is InChI=1S/C18H20ClN3O3S/c1-2-11-26(24,25)22-10-9-13-7-8-14(12-17(13)22)20-18(23)21-16-6-4-3-5-15(16)19/h3-8,12H,2,9-11H2,1H3,(H2,20,21,23). The molecule has 1 aliphatic heterocycles. The number of hydrogen-bond acceptors (Lipinski definition) is 3. The van der Waals surface area contributed by atoms with Gasteiger partial charge in [0.1, 0.15) is 0 Å². The van der Waals surface area contributed by atoms with Gasteiger partial charge in [-0.3, -0.25) is 4.31 Å². The highest BCUT2D eigenvalue weighted by atomic mass is 35.5. The Morgan fingerprint density at radius 1 is 1.19 bits per heavy atom. The predicted molar refractivity (Wildman–Crippen MR) is 106 cm³/mol. The third-order valence-electron chi connectivity index (χ3n) is 4.12. The van der Waals surface area contributed by atoms with E-state index in [1.54, 1.807) is 36.4 Å². The summed E-state index contributed by atoms with van der Waals surface area (Å²) in [5.41, 5.74) is 2.61. The topological polar surface area (TPSA) is 78.5 Å². The van der Waals surface area contributed by atoms with E-state index < -0.39 is 16.1 Å². The van der Waals surface area contributed by atoms with Gasteiger partial charge in [0.2, 0.25) is 10.0 Å². The first kappa shape index (κ1) is 18.5. The van der Waals surface area contributed by atoms with Crippen molar-refractivity contribution < 1.29 is 13.2 Å². The number of urea groups is 1.